The van der Waals surface area contributed by atoms with Crippen LogP contribution in [0, 0.1) is 23.2 Å². The smallest absolute Gasteiger partial charge is 0.241 e. The summed E-state index contributed by atoms with van der Waals surface area (Å²) < 4.78 is 5.76. The Bertz CT molecular complexity index is 423. The molecular weight excluding hydrogens is 252 g/mol. The van der Waals surface area contributed by atoms with Gasteiger partial charge < -0.3 is 15.8 Å². The quantitative estimate of drug-likeness (QED) is 0.809. The molecule has 6 atom stereocenters. The fraction of sp³-hybridized carbons (Fsp3) is 0.938. The fourth-order valence-electron chi connectivity index (χ4n) is 4.70. The lowest BCUT2D eigenvalue weighted by Gasteiger charge is -2.60. The van der Waals surface area contributed by atoms with E-state index in [0.29, 0.717) is 11.8 Å². The second-order valence-corrected chi connectivity index (χ2v) is 7.77. The van der Waals surface area contributed by atoms with Crippen LogP contribution in [0.5, 0.6) is 0 Å². The molecule has 20 heavy (non-hydrogen) atoms. The second kappa shape index (κ2) is 4.44. The van der Waals surface area contributed by atoms with Crippen LogP contribution in [0.15, 0.2) is 0 Å². The summed E-state index contributed by atoms with van der Waals surface area (Å²) >= 11 is 0. The van der Waals surface area contributed by atoms with E-state index in [-0.39, 0.29) is 29.4 Å². The van der Waals surface area contributed by atoms with Gasteiger partial charge in [0.25, 0.3) is 0 Å². The number of nitrogens with two attached hydrogens (primary N) is 1. The maximum Gasteiger partial charge on any atom is 0.241 e. The molecule has 0 spiro atoms. The van der Waals surface area contributed by atoms with E-state index in [0.717, 1.165) is 19.4 Å². The Kier molecular flexibility index (Phi) is 3.18. The molecule has 3 aliphatic rings. The lowest BCUT2D eigenvalue weighted by molar-refractivity contribution is -0.176. The summed E-state index contributed by atoms with van der Waals surface area (Å²) in [6, 6.07) is 0.287. The average molecular weight is 280 g/mol. The van der Waals surface area contributed by atoms with E-state index in [9.17, 15) is 4.79 Å². The summed E-state index contributed by atoms with van der Waals surface area (Å²) in [5.74, 6) is 1.46. The zero-order valence-electron chi connectivity index (χ0n) is 13.1. The predicted octanol–water partition coefficient (Wildman–Crippen LogP) is 1.68. The van der Waals surface area contributed by atoms with Crippen LogP contribution in [-0.4, -0.2) is 30.2 Å². The van der Waals surface area contributed by atoms with E-state index >= 15 is 0 Å². The van der Waals surface area contributed by atoms with Crippen molar-refractivity contribution in [2.75, 3.05) is 6.61 Å². The molecule has 2 aliphatic carbocycles. The Balaban J connectivity index is 1.74. The molecule has 1 aliphatic heterocycles. The van der Waals surface area contributed by atoms with Gasteiger partial charge in [-0.1, -0.05) is 27.7 Å². The maximum absolute atomic E-state index is 12.8. The zero-order chi connectivity index (χ0) is 14.7. The van der Waals surface area contributed by atoms with E-state index in [1.165, 1.54) is 6.42 Å². The molecule has 6 unspecified atom stereocenters. The zero-order valence-corrected chi connectivity index (χ0v) is 13.1. The first-order valence-corrected chi connectivity index (χ1v) is 8.01. The first-order valence-electron chi connectivity index (χ1n) is 8.01. The highest BCUT2D eigenvalue weighted by molar-refractivity contribution is 5.89. The minimum Gasteiger partial charge on any atom is -0.377 e. The number of ether oxygens (including phenoxy) is 1. The number of hydrogen-bond donors (Lipinski definition) is 2. The van der Waals surface area contributed by atoms with Gasteiger partial charge in [-0.2, -0.15) is 0 Å². The van der Waals surface area contributed by atoms with Crippen molar-refractivity contribution in [1.82, 2.24) is 5.32 Å². The summed E-state index contributed by atoms with van der Waals surface area (Å²) in [6.45, 7) is 9.38. The number of fused-ring (bicyclic) bond motifs is 1. The molecule has 0 aromatic carbocycles. The highest BCUT2D eigenvalue weighted by atomic mass is 16.5. The molecule has 3 N–H and O–H groups in total. The molecule has 0 aromatic heterocycles. The van der Waals surface area contributed by atoms with E-state index in [4.69, 9.17) is 10.5 Å². The van der Waals surface area contributed by atoms with Crippen molar-refractivity contribution in [2.24, 2.45) is 28.9 Å². The first kappa shape index (κ1) is 14.3. The van der Waals surface area contributed by atoms with E-state index in [1.54, 1.807) is 0 Å². The normalized spacial score (nSPS) is 49.5. The largest absolute Gasteiger partial charge is 0.377 e. The number of rotatable bonds is 2. The van der Waals surface area contributed by atoms with Crippen LogP contribution in [0.4, 0.5) is 0 Å². The average Bonchev–Trinajstić information content (AvgIpc) is 2.99. The van der Waals surface area contributed by atoms with Gasteiger partial charge in [0.15, 0.2) is 0 Å². The van der Waals surface area contributed by atoms with Crippen LogP contribution in [0.1, 0.15) is 47.0 Å². The fourth-order valence-corrected chi connectivity index (χ4v) is 4.70. The van der Waals surface area contributed by atoms with Gasteiger partial charge in [0.05, 0.1) is 6.10 Å². The monoisotopic (exact) mass is 280 g/mol. The summed E-state index contributed by atoms with van der Waals surface area (Å²) in [6.07, 6.45) is 3.34. The van der Waals surface area contributed by atoms with Crippen molar-refractivity contribution in [3.05, 3.63) is 0 Å². The third-order valence-electron chi connectivity index (χ3n) is 6.61. The van der Waals surface area contributed by atoms with Crippen LogP contribution in [0.25, 0.3) is 0 Å². The van der Waals surface area contributed by atoms with Crippen molar-refractivity contribution in [3.63, 3.8) is 0 Å². The van der Waals surface area contributed by atoms with E-state index < -0.39 is 5.54 Å². The minimum absolute atomic E-state index is 0.0419. The number of amides is 1. The summed E-state index contributed by atoms with van der Waals surface area (Å²) in [5, 5.41) is 3.25. The lowest BCUT2D eigenvalue weighted by Crippen LogP contribution is -2.80. The van der Waals surface area contributed by atoms with Crippen LogP contribution in [0.2, 0.25) is 0 Å². The lowest BCUT2D eigenvalue weighted by atomic mass is 9.48. The molecule has 4 heteroatoms. The van der Waals surface area contributed by atoms with Gasteiger partial charge in [-0.3, -0.25) is 4.79 Å². The van der Waals surface area contributed by atoms with Crippen LogP contribution >= 0.6 is 0 Å². The molecule has 114 valence electrons. The van der Waals surface area contributed by atoms with Gasteiger partial charge >= 0.3 is 0 Å². The standard InChI is InChI=1S/C16H28N2O2/c1-9-5-6-12(10(9)2)18-14(19)16(17)11-7-8-20-13(11)15(16,3)4/h9-13H,5-8,17H2,1-4H3,(H,18,19). The molecule has 2 saturated carbocycles. The Hall–Kier alpha value is -0.610. The Morgan fingerprint density at radius 3 is 2.55 bits per heavy atom. The number of hydrogen-bond acceptors (Lipinski definition) is 3. The predicted molar refractivity (Wildman–Crippen MR) is 78.0 cm³/mol. The van der Waals surface area contributed by atoms with Gasteiger partial charge in [0.2, 0.25) is 5.91 Å². The Morgan fingerprint density at radius 2 is 1.95 bits per heavy atom. The first-order chi connectivity index (χ1) is 9.30. The maximum atomic E-state index is 12.8. The highest BCUT2D eigenvalue weighted by Gasteiger charge is 2.71. The topological polar surface area (TPSA) is 64.4 Å². The number of carbonyl (C=O) groups is 1. The van der Waals surface area contributed by atoms with Crippen molar-refractivity contribution in [2.45, 2.75) is 64.6 Å². The molecule has 3 rings (SSSR count). The van der Waals surface area contributed by atoms with Crippen molar-refractivity contribution in [3.8, 4) is 0 Å². The number of nitrogens with one attached hydrogen (secondary N) is 1. The van der Waals surface area contributed by atoms with Crippen LogP contribution in [-0.2, 0) is 9.53 Å². The van der Waals surface area contributed by atoms with E-state index in [1.807, 2.05) is 0 Å². The van der Waals surface area contributed by atoms with Crippen molar-refractivity contribution < 1.29 is 9.53 Å². The number of carbonyl (C=O) groups excluding carboxylic acids is 1. The third-order valence-corrected chi connectivity index (χ3v) is 6.61. The molecule has 0 bridgehead atoms. The molecule has 0 radical (unpaired) electrons. The minimum atomic E-state index is -0.764. The van der Waals surface area contributed by atoms with Gasteiger partial charge in [0, 0.05) is 24.0 Å². The van der Waals surface area contributed by atoms with Crippen LogP contribution in [0.3, 0.4) is 0 Å². The summed E-state index contributed by atoms with van der Waals surface area (Å²) in [7, 11) is 0. The Morgan fingerprint density at radius 1 is 1.25 bits per heavy atom. The van der Waals surface area contributed by atoms with Gasteiger partial charge in [-0.05, 0) is 31.1 Å². The second-order valence-electron chi connectivity index (χ2n) is 7.77. The summed E-state index contributed by atoms with van der Waals surface area (Å²) in [5.41, 5.74) is 5.54. The van der Waals surface area contributed by atoms with Gasteiger partial charge in [0.1, 0.15) is 5.54 Å². The molecular formula is C16H28N2O2. The van der Waals surface area contributed by atoms with Gasteiger partial charge in [-0.25, -0.2) is 0 Å². The van der Waals surface area contributed by atoms with E-state index in [2.05, 4.69) is 33.0 Å². The van der Waals surface area contributed by atoms with Gasteiger partial charge in [-0.15, -0.1) is 0 Å². The van der Waals surface area contributed by atoms with Crippen molar-refractivity contribution in [1.29, 1.82) is 0 Å². The Labute approximate surface area is 121 Å². The molecule has 0 aromatic rings. The molecule has 1 amide bonds. The van der Waals surface area contributed by atoms with Crippen LogP contribution < -0.4 is 11.1 Å². The molecule has 1 saturated heterocycles. The SMILES string of the molecule is CC1CCC(NC(=O)C2(N)C3CCOC3C2(C)C)C1C. The van der Waals surface area contributed by atoms with Crippen molar-refractivity contribution >= 4 is 5.91 Å². The summed E-state index contributed by atoms with van der Waals surface area (Å²) in [4.78, 5) is 12.8. The third kappa shape index (κ3) is 1.64. The molecule has 4 nitrogen and oxygen atoms in total. The highest BCUT2D eigenvalue weighted by Crippen LogP contribution is 2.58. The molecule has 1 heterocycles. The molecule has 3 fully saturated rings.